The first-order valence-corrected chi connectivity index (χ1v) is 13.6. The number of imide groups is 1. The predicted molar refractivity (Wildman–Crippen MR) is 146 cm³/mol. The van der Waals surface area contributed by atoms with Crippen LogP contribution in [0.2, 0.25) is 0 Å². The number of ether oxygens (including phenoxy) is 1. The Balaban J connectivity index is 1.25. The molecular weight excluding hydrogens is 522 g/mol. The predicted octanol–water partition coefficient (Wildman–Crippen LogP) is 4.25. The number of para-hydroxylation sites is 2. The SMILES string of the molecule is O=C(COc1ccc([C@H]2c3sc(=O)[nH]c3SC3C(=O)N(c4ccccc4)C(=O)C32)cc1)Nc1ccccc1. The molecule has 0 bridgehead atoms. The van der Waals surface area contributed by atoms with E-state index in [4.69, 9.17) is 4.74 Å². The number of hydrogen-bond donors (Lipinski definition) is 2. The number of carbonyl (C=O) groups is 3. The zero-order valence-corrected chi connectivity index (χ0v) is 21.5. The number of anilines is 2. The van der Waals surface area contributed by atoms with E-state index in [1.165, 1.54) is 16.7 Å². The number of H-pyrrole nitrogens is 1. The maximum atomic E-state index is 13.7. The molecule has 2 aliphatic heterocycles. The molecule has 0 spiro atoms. The van der Waals surface area contributed by atoms with Gasteiger partial charge in [0.05, 0.1) is 16.6 Å². The summed E-state index contributed by atoms with van der Waals surface area (Å²) in [6.45, 7) is -0.165. The van der Waals surface area contributed by atoms with Crippen LogP contribution in [0.4, 0.5) is 11.4 Å². The molecule has 1 fully saturated rings. The number of aromatic nitrogens is 1. The van der Waals surface area contributed by atoms with Crippen molar-refractivity contribution in [2.75, 3.05) is 16.8 Å². The lowest BCUT2D eigenvalue weighted by atomic mass is 9.83. The van der Waals surface area contributed by atoms with Crippen LogP contribution in [0.1, 0.15) is 16.4 Å². The monoisotopic (exact) mass is 543 g/mol. The first kappa shape index (κ1) is 24.2. The van der Waals surface area contributed by atoms with Crippen LogP contribution in [-0.2, 0) is 14.4 Å². The molecule has 8 nitrogen and oxygen atoms in total. The van der Waals surface area contributed by atoms with Gasteiger partial charge in [-0.3, -0.25) is 19.2 Å². The molecule has 3 amide bonds. The molecule has 0 aliphatic carbocycles. The Morgan fingerprint density at radius 2 is 1.58 bits per heavy atom. The number of hydrogen-bond acceptors (Lipinski definition) is 7. The number of thioether (sulfide) groups is 1. The van der Waals surface area contributed by atoms with Crippen molar-refractivity contribution in [3.05, 3.63) is 105 Å². The van der Waals surface area contributed by atoms with Gasteiger partial charge < -0.3 is 15.0 Å². The van der Waals surface area contributed by atoms with Crippen molar-refractivity contribution in [2.45, 2.75) is 16.2 Å². The van der Waals surface area contributed by atoms with Gasteiger partial charge >= 0.3 is 4.87 Å². The second-order valence-corrected chi connectivity index (χ2v) is 11.0. The van der Waals surface area contributed by atoms with Crippen molar-refractivity contribution in [2.24, 2.45) is 5.92 Å². The summed E-state index contributed by atoms with van der Waals surface area (Å²) in [6.07, 6.45) is 0. The molecular formula is C28H21N3O5S2. The summed E-state index contributed by atoms with van der Waals surface area (Å²) >= 11 is 2.31. The normalized spacial score (nSPS) is 20.1. The lowest BCUT2D eigenvalue weighted by molar-refractivity contribution is -0.122. The average molecular weight is 544 g/mol. The van der Waals surface area contributed by atoms with Gasteiger partial charge in [-0.2, -0.15) is 0 Å². The second-order valence-electron chi connectivity index (χ2n) is 8.87. The fourth-order valence-electron chi connectivity index (χ4n) is 4.85. The van der Waals surface area contributed by atoms with Crippen molar-refractivity contribution in [1.82, 2.24) is 4.98 Å². The highest BCUT2D eigenvalue weighted by molar-refractivity contribution is 8.00. The third kappa shape index (κ3) is 4.42. The largest absolute Gasteiger partial charge is 0.484 e. The lowest BCUT2D eigenvalue weighted by Gasteiger charge is -2.29. The molecule has 6 rings (SSSR count). The minimum Gasteiger partial charge on any atom is -0.484 e. The molecule has 2 aliphatic rings. The van der Waals surface area contributed by atoms with Crippen LogP contribution in [0.25, 0.3) is 0 Å². The molecule has 0 saturated carbocycles. The van der Waals surface area contributed by atoms with E-state index in [-0.39, 0.29) is 29.2 Å². The van der Waals surface area contributed by atoms with E-state index in [0.29, 0.717) is 22.2 Å². The number of nitrogens with one attached hydrogen (secondary N) is 2. The van der Waals surface area contributed by atoms with Gasteiger partial charge in [-0.05, 0) is 42.0 Å². The van der Waals surface area contributed by atoms with Crippen molar-refractivity contribution in [1.29, 1.82) is 0 Å². The van der Waals surface area contributed by atoms with Gasteiger partial charge in [0.2, 0.25) is 11.8 Å². The van der Waals surface area contributed by atoms with E-state index in [9.17, 15) is 19.2 Å². The number of benzene rings is 3. The molecule has 4 aromatic rings. The molecule has 2 N–H and O–H groups in total. The van der Waals surface area contributed by atoms with Crippen molar-refractivity contribution >= 4 is 52.2 Å². The van der Waals surface area contributed by atoms with Crippen LogP contribution in [-0.4, -0.2) is 34.6 Å². The third-order valence-corrected chi connectivity index (χ3v) is 8.91. The van der Waals surface area contributed by atoms with Gasteiger partial charge in [0.1, 0.15) is 11.0 Å². The van der Waals surface area contributed by atoms with Gasteiger partial charge in [0.25, 0.3) is 5.91 Å². The summed E-state index contributed by atoms with van der Waals surface area (Å²) in [6, 6.07) is 25.1. The van der Waals surface area contributed by atoms with E-state index >= 15 is 0 Å². The van der Waals surface area contributed by atoms with Crippen LogP contribution < -0.4 is 19.8 Å². The van der Waals surface area contributed by atoms with Crippen LogP contribution in [0.3, 0.4) is 0 Å². The standard InChI is InChI=1S/C28H21N3O5S2/c32-20(29-17-7-3-1-4-8-17)15-36-19-13-11-16(12-14-19)21-22-24(37-25-23(21)38-28(35)30-25)27(34)31(26(22)33)18-9-5-2-6-10-18/h1-14,21-22,24H,15H2,(H,29,32)(H,30,35)/t21-,22?,24?/m1/s1. The Labute approximate surface area is 225 Å². The first-order chi connectivity index (χ1) is 18.5. The number of aromatic amines is 1. The van der Waals surface area contributed by atoms with Gasteiger partial charge in [-0.15, -0.1) is 0 Å². The van der Waals surface area contributed by atoms with Crippen molar-refractivity contribution in [3.63, 3.8) is 0 Å². The van der Waals surface area contributed by atoms with Crippen LogP contribution >= 0.6 is 23.1 Å². The molecule has 3 atom stereocenters. The van der Waals surface area contributed by atoms with E-state index in [1.54, 1.807) is 48.5 Å². The summed E-state index contributed by atoms with van der Waals surface area (Å²) in [5, 5.41) is 2.74. The number of carbonyl (C=O) groups excluding carboxylic acids is 3. The first-order valence-electron chi connectivity index (χ1n) is 11.9. The molecule has 3 heterocycles. The minimum atomic E-state index is -0.657. The Hall–Kier alpha value is -4.15. The summed E-state index contributed by atoms with van der Waals surface area (Å²) < 4.78 is 5.66. The summed E-state index contributed by atoms with van der Waals surface area (Å²) in [4.78, 5) is 56.2. The lowest BCUT2D eigenvalue weighted by Crippen LogP contribution is -2.32. The highest BCUT2D eigenvalue weighted by Crippen LogP contribution is 2.53. The molecule has 3 aromatic carbocycles. The molecule has 0 radical (unpaired) electrons. The van der Waals surface area contributed by atoms with Crippen LogP contribution in [0, 0.1) is 5.92 Å². The number of amides is 3. The van der Waals surface area contributed by atoms with Crippen molar-refractivity contribution < 1.29 is 19.1 Å². The fourth-order valence-corrected chi connectivity index (χ4v) is 7.36. The minimum absolute atomic E-state index is 0.165. The molecule has 10 heteroatoms. The Bertz CT molecular complexity index is 1570. The van der Waals surface area contributed by atoms with Crippen molar-refractivity contribution in [3.8, 4) is 5.75 Å². The molecule has 1 saturated heterocycles. The van der Waals surface area contributed by atoms with E-state index in [2.05, 4.69) is 10.3 Å². The smallest absolute Gasteiger partial charge is 0.305 e. The quantitative estimate of drug-likeness (QED) is 0.352. The molecule has 190 valence electrons. The summed E-state index contributed by atoms with van der Waals surface area (Å²) in [5.74, 6) is -1.50. The van der Waals surface area contributed by atoms with Gasteiger partial charge in [-0.1, -0.05) is 71.6 Å². The number of thiazole rings is 1. The maximum Gasteiger partial charge on any atom is 0.305 e. The molecule has 2 unspecified atom stereocenters. The Kier molecular flexibility index (Phi) is 6.34. The summed E-state index contributed by atoms with van der Waals surface area (Å²) in [5.41, 5.74) is 2.00. The van der Waals surface area contributed by atoms with Gasteiger partial charge in [0, 0.05) is 16.5 Å². The third-order valence-electron chi connectivity index (χ3n) is 6.51. The second kappa shape index (κ2) is 9.96. The zero-order chi connectivity index (χ0) is 26.2. The van der Waals surface area contributed by atoms with E-state index in [1.807, 2.05) is 36.4 Å². The number of fused-ring (bicyclic) bond motifs is 2. The average Bonchev–Trinajstić information content (AvgIpc) is 3.43. The van der Waals surface area contributed by atoms with Crippen LogP contribution in [0.5, 0.6) is 5.75 Å². The number of nitrogens with zero attached hydrogens (tertiary/aromatic N) is 1. The van der Waals surface area contributed by atoms with Gasteiger partial charge in [0.15, 0.2) is 6.61 Å². The Morgan fingerprint density at radius 3 is 2.29 bits per heavy atom. The van der Waals surface area contributed by atoms with E-state index in [0.717, 1.165) is 21.8 Å². The highest BCUT2D eigenvalue weighted by atomic mass is 32.2. The summed E-state index contributed by atoms with van der Waals surface area (Å²) in [7, 11) is 0. The van der Waals surface area contributed by atoms with Crippen LogP contribution in [0.15, 0.2) is 94.7 Å². The zero-order valence-electron chi connectivity index (χ0n) is 19.8. The number of rotatable bonds is 6. The van der Waals surface area contributed by atoms with E-state index < -0.39 is 17.1 Å². The molecule has 1 aromatic heterocycles. The fraction of sp³-hybridized carbons (Fsp3) is 0.143. The maximum absolute atomic E-state index is 13.7. The Morgan fingerprint density at radius 1 is 0.895 bits per heavy atom. The molecule has 38 heavy (non-hydrogen) atoms. The topological polar surface area (TPSA) is 109 Å². The van der Waals surface area contributed by atoms with Gasteiger partial charge in [-0.25, -0.2) is 4.90 Å². The highest BCUT2D eigenvalue weighted by Gasteiger charge is 2.56.